The van der Waals surface area contributed by atoms with Gasteiger partial charge in [-0.3, -0.25) is 0 Å². The quantitative estimate of drug-likeness (QED) is 0.866. The van der Waals surface area contributed by atoms with E-state index in [-0.39, 0.29) is 6.10 Å². The molecule has 1 atom stereocenters. The Bertz CT molecular complexity index is 443. The second-order valence-electron chi connectivity index (χ2n) is 4.44. The number of nitrogens with zero attached hydrogens (tertiary/aromatic N) is 1. The van der Waals surface area contributed by atoms with E-state index in [0.717, 1.165) is 31.0 Å². The van der Waals surface area contributed by atoms with Gasteiger partial charge in [-0.2, -0.15) is 0 Å². The molecule has 0 bridgehead atoms. The first-order chi connectivity index (χ1) is 8.22. The second kappa shape index (κ2) is 5.32. The van der Waals surface area contributed by atoms with Crippen molar-refractivity contribution in [3.8, 4) is 0 Å². The molecule has 92 valence electrons. The van der Waals surface area contributed by atoms with Crippen LogP contribution in [0.2, 0.25) is 0 Å². The molecule has 1 aromatic rings. The van der Waals surface area contributed by atoms with Crippen molar-refractivity contribution in [1.29, 1.82) is 0 Å². The van der Waals surface area contributed by atoms with Crippen LogP contribution >= 0.6 is 0 Å². The van der Waals surface area contributed by atoms with Crippen LogP contribution in [0.25, 0.3) is 0 Å². The monoisotopic (exact) mass is 232 g/mol. The fourth-order valence-corrected chi connectivity index (χ4v) is 2.15. The zero-order chi connectivity index (χ0) is 12.3. The highest BCUT2D eigenvalue weighted by molar-refractivity contribution is 5.32. The van der Waals surface area contributed by atoms with E-state index >= 15 is 0 Å². The summed E-state index contributed by atoms with van der Waals surface area (Å²) in [6, 6.07) is 0. The Morgan fingerprint density at radius 3 is 3.00 bits per heavy atom. The summed E-state index contributed by atoms with van der Waals surface area (Å²) in [5.41, 5.74) is 3.75. The summed E-state index contributed by atoms with van der Waals surface area (Å²) < 4.78 is 5.84. The SMILES string of the molecule is CC/C=C\C1=C(C)C(c2cnc(C)[nH]2)OCC1. The Labute approximate surface area is 103 Å². The molecule has 2 rings (SSSR count). The highest BCUT2D eigenvalue weighted by atomic mass is 16.5. The van der Waals surface area contributed by atoms with Crippen LogP contribution in [-0.2, 0) is 4.74 Å². The number of hydrogen-bond donors (Lipinski definition) is 1. The molecule has 0 saturated heterocycles. The minimum atomic E-state index is 0.0430. The van der Waals surface area contributed by atoms with Gasteiger partial charge in [0.05, 0.1) is 18.5 Å². The van der Waals surface area contributed by atoms with Crippen molar-refractivity contribution in [2.75, 3.05) is 6.61 Å². The zero-order valence-corrected chi connectivity index (χ0v) is 10.8. The van der Waals surface area contributed by atoms with Crippen LogP contribution < -0.4 is 0 Å². The smallest absolute Gasteiger partial charge is 0.120 e. The van der Waals surface area contributed by atoms with Crippen molar-refractivity contribution in [2.24, 2.45) is 0 Å². The van der Waals surface area contributed by atoms with Gasteiger partial charge in [0.2, 0.25) is 0 Å². The molecule has 1 aliphatic rings. The molecule has 2 heterocycles. The Balaban J connectivity index is 2.26. The van der Waals surface area contributed by atoms with E-state index in [0.29, 0.717) is 0 Å². The first kappa shape index (κ1) is 12.1. The van der Waals surface area contributed by atoms with Crippen LogP contribution in [0, 0.1) is 6.92 Å². The van der Waals surface area contributed by atoms with Gasteiger partial charge in [0.1, 0.15) is 11.9 Å². The number of rotatable bonds is 3. The van der Waals surface area contributed by atoms with Crippen LogP contribution in [0.3, 0.4) is 0 Å². The van der Waals surface area contributed by atoms with Gasteiger partial charge in [0, 0.05) is 0 Å². The fourth-order valence-electron chi connectivity index (χ4n) is 2.15. The summed E-state index contributed by atoms with van der Waals surface area (Å²) in [6.07, 6.45) is 8.43. The molecule has 0 spiro atoms. The summed E-state index contributed by atoms with van der Waals surface area (Å²) >= 11 is 0. The van der Waals surface area contributed by atoms with E-state index in [4.69, 9.17) is 4.74 Å². The number of H-pyrrole nitrogens is 1. The topological polar surface area (TPSA) is 37.9 Å². The first-order valence-electron chi connectivity index (χ1n) is 6.21. The molecule has 0 aromatic carbocycles. The third kappa shape index (κ3) is 2.67. The van der Waals surface area contributed by atoms with Crippen LogP contribution in [-0.4, -0.2) is 16.6 Å². The molecule has 0 aliphatic carbocycles. The minimum absolute atomic E-state index is 0.0430. The number of hydrogen-bond acceptors (Lipinski definition) is 2. The first-order valence-corrected chi connectivity index (χ1v) is 6.21. The Morgan fingerprint density at radius 1 is 1.53 bits per heavy atom. The lowest BCUT2D eigenvalue weighted by Gasteiger charge is -2.25. The van der Waals surface area contributed by atoms with Crippen molar-refractivity contribution in [3.05, 3.63) is 41.0 Å². The van der Waals surface area contributed by atoms with Crippen LogP contribution in [0.4, 0.5) is 0 Å². The highest BCUT2D eigenvalue weighted by Crippen LogP contribution is 2.32. The van der Waals surface area contributed by atoms with Crippen LogP contribution in [0.1, 0.15) is 44.3 Å². The number of allylic oxidation sites excluding steroid dienone is 2. The normalized spacial score (nSPS) is 21.5. The maximum Gasteiger partial charge on any atom is 0.120 e. The highest BCUT2D eigenvalue weighted by Gasteiger charge is 2.22. The predicted molar refractivity (Wildman–Crippen MR) is 68.8 cm³/mol. The summed E-state index contributed by atoms with van der Waals surface area (Å²) in [4.78, 5) is 7.50. The van der Waals surface area contributed by atoms with Crippen molar-refractivity contribution < 1.29 is 4.74 Å². The standard InChI is InChI=1S/C14H20N2O/c1-4-5-6-12-7-8-17-14(10(12)2)13-9-15-11(3)16-13/h5-6,9,14H,4,7-8H2,1-3H3,(H,15,16)/b6-5-. The molecule has 0 radical (unpaired) electrons. The molecule has 0 saturated carbocycles. The number of imidazole rings is 1. The lowest BCUT2D eigenvalue weighted by atomic mass is 9.97. The van der Waals surface area contributed by atoms with Gasteiger partial charge in [0.25, 0.3) is 0 Å². The molecule has 3 nitrogen and oxygen atoms in total. The molecule has 1 aliphatic heterocycles. The van der Waals surface area contributed by atoms with Gasteiger partial charge in [-0.25, -0.2) is 4.98 Å². The van der Waals surface area contributed by atoms with Crippen molar-refractivity contribution in [3.63, 3.8) is 0 Å². The van der Waals surface area contributed by atoms with Gasteiger partial charge in [-0.15, -0.1) is 0 Å². The largest absolute Gasteiger partial charge is 0.367 e. The second-order valence-corrected chi connectivity index (χ2v) is 4.44. The summed E-state index contributed by atoms with van der Waals surface area (Å²) in [7, 11) is 0. The van der Waals surface area contributed by atoms with Crippen molar-refractivity contribution in [2.45, 2.75) is 39.7 Å². The third-order valence-corrected chi connectivity index (χ3v) is 3.12. The maximum absolute atomic E-state index is 5.84. The molecule has 0 fully saturated rings. The molecule has 3 heteroatoms. The molecular formula is C14H20N2O. The van der Waals surface area contributed by atoms with Gasteiger partial charge < -0.3 is 9.72 Å². The molecule has 0 amide bonds. The molecule has 1 unspecified atom stereocenters. The number of aromatic nitrogens is 2. The zero-order valence-electron chi connectivity index (χ0n) is 10.8. The molecule has 1 N–H and O–H groups in total. The number of nitrogens with one attached hydrogen (secondary N) is 1. The number of aryl methyl sites for hydroxylation is 1. The molecule has 1 aromatic heterocycles. The Kier molecular flexibility index (Phi) is 3.79. The Morgan fingerprint density at radius 2 is 2.35 bits per heavy atom. The van der Waals surface area contributed by atoms with Crippen LogP contribution in [0.15, 0.2) is 29.5 Å². The third-order valence-electron chi connectivity index (χ3n) is 3.12. The number of aromatic amines is 1. The van der Waals surface area contributed by atoms with E-state index in [1.165, 1.54) is 11.1 Å². The van der Waals surface area contributed by atoms with Crippen LogP contribution in [0.5, 0.6) is 0 Å². The van der Waals surface area contributed by atoms with Crippen molar-refractivity contribution >= 4 is 0 Å². The van der Waals surface area contributed by atoms with Gasteiger partial charge in [-0.1, -0.05) is 19.1 Å². The summed E-state index contributed by atoms with van der Waals surface area (Å²) in [5.74, 6) is 0.938. The average molecular weight is 232 g/mol. The predicted octanol–water partition coefficient (Wildman–Crippen LogP) is 3.46. The van der Waals surface area contributed by atoms with Crippen molar-refractivity contribution in [1.82, 2.24) is 9.97 Å². The van der Waals surface area contributed by atoms with Gasteiger partial charge >= 0.3 is 0 Å². The minimum Gasteiger partial charge on any atom is -0.367 e. The maximum atomic E-state index is 5.84. The Hall–Kier alpha value is -1.35. The lowest BCUT2D eigenvalue weighted by molar-refractivity contribution is 0.0657. The molecule has 17 heavy (non-hydrogen) atoms. The van der Waals surface area contributed by atoms with E-state index in [1.807, 2.05) is 13.1 Å². The summed E-state index contributed by atoms with van der Waals surface area (Å²) in [6.45, 7) is 7.05. The summed E-state index contributed by atoms with van der Waals surface area (Å²) in [5, 5.41) is 0. The van der Waals surface area contributed by atoms with Gasteiger partial charge in [0.15, 0.2) is 0 Å². The van der Waals surface area contributed by atoms with E-state index in [1.54, 1.807) is 0 Å². The van der Waals surface area contributed by atoms with Gasteiger partial charge in [-0.05, 0) is 37.8 Å². The molecular weight excluding hydrogens is 212 g/mol. The number of ether oxygens (including phenoxy) is 1. The fraction of sp³-hybridized carbons (Fsp3) is 0.500. The lowest BCUT2D eigenvalue weighted by Crippen LogP contribution is -2.15. The average Bonchev–Trinajstić information content (AvgIpc) is 2.74. The van der Waals surface area contributed by atoms with E-state index in [9.17, 15) is 0 Å². The van der Waals surface area contributed by atoms with E-state index < -0.39 is 0 Å². The van der Waals surface area contributed by atoms with E-state index in [2.05, 4.69) is 36.0 Å².